The van der Waals surface area contributed by atoms with E-state index in [-0.39, 0.29) is 24.6 Å². The molecular formula is C10H17N3O3S. The maximum Gasteiger partial charge on any atom is 0.244 e. The molecule has 0 aliphatic rings. The van der Waals surface area contributed by atoms with Gasteiger partial charge in [0.1, 0.15) is 4.90 Å². The van der Waals surface area contributed by atoms with Gasteiger partial charge in [0, 0.05) is 25.8 Å². The van der Waals surface area contributed by atoms with Gasteiger partial charge in [-0.1, -0.05) is 6.92 Å². The van der Waals surface area contributed by atoms with E-state index in [9.17, 15) is 8.42 Å². The van der Waals surface area contributed by atoms with Gasteiger partial charge in [0.2, 0.25) is 10.0 Å². The Hall–Kier alpha value is -1.02. The van der Waals surface area contributed by atoms with Crippen LogP contribution in [0.25, 0.3) is 0 Å². The molecular weight excluding hydrogens is 242 g/mol. The topological polar surface area (TPSA) is 96.5 Å². The minimum Gasteiger partial charge on any atom is -0.395 e. The molecule has 0 unspecified atom stereocenters. The van der Waals surface area contributed by atoms with Crippen LogP contribution in [0.2, 0.25) is 0 Å². The zero-order valence-corrected chi connectivity index (χ0v) is 10.5. The van der Waals surface area contributed by atoms with Crippen LogP contribution < -0.4 is 5.73 Å². The Bertz CT molecular complexity index is 444. The van der Waals surface area contributed by atoms with Crippen LogP contribution in [0.3, 0.4) is 0 Å². The number of hydrogen-bond donors (Lipinski definition) is 2. The second kappa shape index (κ2) is 6.06. The molecule has 0 saturated heterocycles. The summed E-state index contributed by atoms with van der Waals surface area (Å²) >= 11 is 0. The summed E-state index contributed by atoms with van der Waals surface area (Å²) in [4.78, 5) is 4.06. The van der Waals surface area contributed by atoms with Crippen molar-refractivity contribution in [3.63, 3.8) is 0 Å². The van der Waals surface area contributed by atoms with E-state index in [1.165, 1.54) is 16.6 Å². The molecule has 0 fully saturated rings. The van der Waals surface area contributed by atoms with E-state index in [1.807, 2.05) is 0 Å². The van der Waals surface area contributed by atoms with Crippen molar-refractivity contribution < 1.29 is 13.5 Å². The predicted octanol–water partition coefficient (Wildman–Crippen LogP) is -0.457. The van der Waals surface area contributed by atoms with Gasteiger partial charge in [0.25, 0.3) is 0 Å². The van der Waals surface area contributed by atoms with Gasteiger partial charge in [0.05, 0.1) is 12.3 Å². The van der Waals surface area contributed by atoms with E-state index >= 15 is 0 Å². The van der Waals surface area contributed by atoms with Crippen molar-refractivity contribution in [2.45, 2.75) is 18.4 Å². The average Bonchev–Trinajstić information content (AvgIpc) is 2.35. The smallest absolute Gasteiger partial charge is 0.244 e. The van der Waals surface area contributed by atoms with Crippen LogP contribution in [0, 0.1) is 0 Å². The molecule has 0 spiro atoms. The lowest BCUT2D eigenvalue weighted by molar-refractivity contribution is 0.257. The lowest BCUT2D eigenvalue weighted by Gasteiger charge is -2.19. The summed E-state index contributed by atoms with van der Waals surface area (Å²) < 4.78 is 25.4. The SMILES string of the molecule is CCN(CCO)S(=O)(=O)c1ccc(CN)nc1. The fraction of sp³-hybridized carbons (Fsp3) is 0.500. The largest absolute Gasteiger partial charge is 0.395 e. The summed E-state index contributed by atoms with van der Waals surface area (Å²) in [6.07, 6.45) is 1.29. The molecule has 0 amide bonds. The van der Waals surface area contributed by atoms with Crippen LogP contribution in [0.1, 0.15) is 12.6 Å². The third kappa shape index (κ3) is 3.22. The molecule has 0 bridgehead atoms. The van der Waals surface area contributed by atoms with Crippen LogP contribution in [0.15, 0.2) is 23.2 Å². The molecule has 0 aromatic carbocycles. The van der Waals surface area contributed by atoms with Crippen molar-refractivity contribution in [2.24, 2.45) is 5.73 Å². The summed E-state index contributed by atoms with van der Waals surface area (Å²) in [5.74, 6) is 0. The summed E-state index contributed by atoms with van der Waals surface area (Å²) in [5.41, 5.74) is 6.02. The number of likely N-dealkylation sites (N-methyl/N-ethyl adjacent to an activating group) is 1. The zero-order chi connectivity index (χ0) is 12.9. The van der Waals surface area contributed by atoms with Crippen molar-refractivity contribution in [1.82, 2.24) is 9.29 Å². The predicted molar refractivity (Wildman–Crippen MR) is 63.6 cm³/mol. The van der Waals surface area contributed by atoms with Gasteiger partial charge in [-0.05, 0) is 12.1 Å². The quantitative estimate of drug-likeness (QED) is 0.721. The molecule has 3 N–H and O–H groups in total. The fourth-order valence-electron chi connectivity index (χ4n) is 1.39. The molecule has 1 heterocycles. The van der Waals surface area contributed by atoms with E-state index < -0.39 is 10.0 Å². The first-order valence-corrected chi connectivity index (χ1v) is 6.76. The monoisotopic (exact) mass is 259 g/mol. The van der Waals surface area contributed by atoms with Gasteiger partial charge in [-0.2, -0.15) is 4.31 Å². The number of rotatable bonds is 6. The Morgan fingerprint density at radius 1 is 1.47 bits per heavy atom. The van der Waals surface area contributed by atoms with Crippen LogP contribution in [0.4, 0.5) is 0 Å². The molecule has 1 rings (SSSR count). The summed E-state index contributed by atoms with van der Waals surface area (Å²) in [7, 11) is -3.57. The highest BCUT2D eigenvalue weighted by atomic mass is 32.2. The molecule has 0 saturated carbocycles. The Balaban J connectivity index is 3.02. The van der Waals surface area contributed by atoms with Crippen molar-refractivity contribution >= 4 is 10.0 Å². The molecule has 17 heavy (non-hydrogen) atoms. The standard InChI is InChI=1S/C10H17N3O3S/c1-2-13(5-6-14)17(15,16)10-4-3-9(7-11)12-8-10/h3-4,8,14H,2,5-7,11H2,1H3. The van der Waals surface area contributed by atoms with Crippen molar-refractivity contribution in [3.8, 4) is 0 Å². The van der Waals surface area contributed by atoms with Crippen molar-refractivity contribution in [2.75, 3.05) is 19.7 Å². The summed E-state index contributed by atoms with van der Waals surface area (Å²) in [5, 5.41) is 8.82. The van der Waals surface area contributed by atoms with Gasteiger partial charge < -0.3 is 10.8 Å². The highest BCUT2D eigenvalue weighted by molar-refractivity contribution is 7.89. The average molecular weight is 259 g/mol. The normalized spacial score (nSPS) is 12.0. The van der Waals surface area contributed by atoms with Crippen LogP contribution >= 0.6 is 0 Å². The second-order valence-corrected chi connectivity index (χ2v) is 5.35. The molecule has 0 aliphatic heterocycles. The molecule has 1 aromatic heterocycles. The number of pyridine rings is 1. The highest BCUT2D eigenvalue weighted by Crippen LogP contribution is 2.14. The number of nitrogens with two attached hydrogens (primary N) is 1. The van der Waals surface area contributed by atoms with E-state index in [0.29, 0.717) is 12.2 Å². The molecule has 0 aliphatic carbocycles. The maximum atomic E-state index is 12.1. The van der Waals surface area contributed by atoms with Crippen molar-refractivity contribution in [3.05, 3.63) is 24.0 Å². The number of aliphatic hydroxyl groups excluding tert-OH is 1. The Labute approximate surface area is 101 Å². The molecule has 7 heteroatoms. The highest BCUT2D eigenvalue weighted by Gasteiger charge is 2.22. The Morgan fingerprint density at radius 3 is 2.59 bits per heavy atom. The summed E-state index contributed by atoms with van der Waals surface area (Å²) in [6, 6.07) is 3.06. The molecule has 0 radical (unpaired) electrons. The number of aliphatic hydroxyl groups is 1. The van der Waals surface area contributed by atoms with E-state index in [2.05, 4.69) is 4.98 Å². The van der Waals surface area contributed by atoms with Gasteiger partial charge in [-0.3, -0.25) is 4.98 Å². The van der Waals surface area contributed by atoms with Crippen LogP contribution in [-0.4, -0.2) is 42.5 Å². The van der Waals surface area contributed by atoms with Gasteiger partial charge in [-0.15, -0.1) is 0 Å². The van der Waals surface area contributed by atoms with Crippen molar-refractivity contribution in [1.29, 1.82) is 0 Å². The fourth-order valence-corrected chi connectivity index (χ4v) is 2.78. The van der Waals surface area contributed by atoms with Gasteiger partial charge in [0.15, 0.2) is 0 Å². The van der Waals surface area contributed by atoms with Gasteiger partial charge in [-0.25, -0.2) is 8.42 Å². The summed E-state index contributed by atoms with van der Waals surface area (Å²) in [6.45, 7) is 2.17. The number of nitrogens with zero attached hydrogens (tertiary/aromatic N) is 2. The second-order valence-electron chi connectivity index (χ2n) is 3.41. The molecule has 96 valence electrons. The maximum absolute atomic E-state index is 12.1. The molecule has 1 aromatic rings. The minimum atomic E-state index is -3.57. The third-order valence-electron chi connectivity index (χ3n) is 2.35. The van der Waals surface area contributed by atoms with E-state index in [1.54, 1.807) is 13.0 Å². The lowest BCUT2D eigenvalue weighted by atomic mass is 10.4. The van der Waals surface area contributed by atoms with Gasteiger partial charge >= 0.3 is 0 Å². The molecule has 6 nitrogen and oxygen atoms in total. The lowest BCUT2D eigenvalue weighted by Crippen LogP contribution is -2.33. The van der Waals surface area contributed by atoms with Crippen LogP contribution in [0.5, 0.6) is 0 Å². The van der Waals surface area contributed by atoms with Crippen LogP contribution in [-0.2, 0) is 16.6 Å². The zero-order valence-electron chi connectivity index (χ0n) is 9.70. The van der Waals surface area contributed by atoms with E-state index in [4.69, 9.17) is 10.8 Å². The number of hydrogen-bond acceptors (Lipinski definition) is 5. The Morgan fingerprint density at radius 2 is 2.18 bits per heavy atom. The third-order valence-corrected chi connectivity index (χ3v) is 4.30. The number of sulfonamides is 1. The first kappa shape index (κ1) is 14.0. The Kier molecular flexibility index (Phi) is 5.01. The molecule has 0 atom stereocenters. The minimum absolute atomic E-state index is 0.0808. The number of aromatic nitrogens is 1. The first-order valence-electron chi connectivity index (χ1n) is 5.32. The van der Waals surface area contributed by atoms with E-state index in [0.717, 1.165) is 0 Å². The first-order chi connectivity index (χ1) is 8.06.